The molecule has 0 aromatic heterocycles. The molecule has 2 aliphatic rings. The van der Waals surface area contributed by atoms with Crippen LogP contribution >= 0.6 is 0 Å². The van der Waals surface area contributed by atoms with Crippen LogP contribution in [0.2, 0.25) is 0 Å². The zero-order valence-corrected chi connectivity index (χ0v) is 13.3. The number of rotatable bonds is 6. The van der Waals surface area contributed by atoms with Crippen molar-refractivity contribution in [1.82, 2.24) is 5.32 Å². The van der Waals surface area contributed by atoms with Crippen LogP contribution in [0.3, 0.4) is 0 Å². The molecule has 3 rings (SSSR count). The van der Waals surface area contributed by atoms with E-state index in [9.17, 15) is 0 Å². The van der Waals surface area contributed by atoms with E-state index in [-0.39, 0.29) is 6.10 Å². The molecule has 1 aromatic carbocycles. The minimum absolute atomic E-state index is 0.223. The first-order valence-corrected chi connectivity index (χ1v) is 8.28. The summed E-state index contributed by atoms with van der Waals surface area (Å²) in [5.74, 6) is 1.75. The molecule has 1 aromatic rings. The van der Waals surface area contributed by atoms with E-state index in [0.29, 0.717) is 18.2 Å². The van der Waals surface area contributed by atoms with Crippen molar-refractivity contribution in [3.05, 3.63) is 29.8 Å². The first-order chi connectivity index (χ1) is 10.1. The molecule has 1 N–H and O–H groups in total. The zero-order valence-electron chi connectivity index (χ0n) is 13.3. The fourth-order valence-electron chi connectivity index (χ4n) is 3.20. The Morgan fingerprint density at radius 3 is 2.43 bits per heavy atom. The van der Waals surface area contributed by atoms with Crippen molar-refractivity contribution >= 4 is 0 Å². The summed E-state index contributed by atoms with van der Waals surface area (Å²) in [6, 6.07) is 9.33. The molecular weight excluding hydrogens is 262 g/mol. The average molecular weight is 289 g/mol. The highest BCUT2D eigenvalue weighted by atomic mass is 16.5. The van der Waals surface area contributed by atoms with Crippen LogP contribution in [-0.4, -0.2) is 24.9 Å². The predicted molar refractivity (Wildman–Crippen MR) is 84.6 cm³/mol. The number of ether oxygens (including phenoxy) is 2. The van der Waals surface area contributed by atoms with E-state index in [0.717, 1.165) is 24.7 Å². The Kier molecular flexibility index (Phi) is 4.51. The first kappa shape index (κ1) is 14.9. The molecule has 0 spiro atoms. The summed E-state index contributed by atoms with van der Waals surface area (Å²) in [6.07, 6.45) is 4.49. The van der Waals surface area contributed by atoms with Gasteiger partial charge < -0.3 is 14.8 Å². The van der Waals surface area contributed by atoms with Gasteiger partial charge in [0, 0.05) is 18.7 Å². The second kappa shape index (κ2) is 6.37. The Bertz CT molecular complexity index is 453. The lowest BCUT2D eigenvalue weighted by molar-refractivity contribution is 0.0793. The van der Waals surface area contributed by atoms with Crippen molar-refractivity contribution in [3.8, 4) is 5.75 Å². The summed E-state index contributed by atoms with van der Waals surface area (Å²) in [7, 11) is 0. The van der Waals surface area contributed by atoms with Crippen LogP contribution in [0.25, 0.3) is 0 Å². The second-order valence-electron chi connectivity index (χ2n) is 6.69. The largest absolute Gasteiger partial charge is 0.491 e. The topological polar surface area (TPSA) is 30.5 Å². The van der Waals surface area contributed by atoms with Gasteiger partial charge in [0.25, 0.3) is 0 Å². The van der Waals surface area contributed by atoms with Gasteiger partial charge in [0.05, 0.1) is 12.2 Å². The Morgan fingerprint density at radius 1 is 1.10 bits per heavy atom. The number of nitrogens with one attached hydrogen (secondary N) is 1. The van der Waals surface area contributed by atoms with Crippen molar-refractivity contribution in [2.24, 2.45) is 5.92 Å². The fraction of sp³-hybridized carbons (Fsp3) is 0.667. The molecule has 1 saturated heterocycles. The van der Waals surface area contributed by atoms with E-state index >= 15 is 0 Å². The van der Waals surface area contributed by atoms with Crippen LogP contribution in [0, 0.1) is 5.92 Å². The van der Waals surface area contributed by atoms with Crippen LogP contribution in [0.5, 0.6) is 5.75 Å². The summed E-state index contributed by atoms with van der Waals surface area (Å²) >= 11 is 0. The van der Waals surface area contributed by atoms with Gasteiger partial charge in [-0.1, -0.05) is 12.1 Å². The van der Waals surface area contributed by atoms with Gasteiger partial charge in [-0.2, -0.15) is 0 Å². The SMILES string of the molecule is CC(C)Oc1ccc(C(C)NC2CCOC2C2CC2)cc1. The van der Waals surface area contributed by atoms with Gasteiger partial charge in [-0.25, -0.2) is 0 Å². The molecule has 3 heteroatoms. The summed E-state index contributed by atoms with van der Waals surface area (Å²) in [5, 5.41) is 3.76. The third kappa shape index (κ3) is 3.78. The Balaban J connectivity index is 1.58. The minimum atomic E-state index is 0.223. The van der Waals surface area contributed by atoms with E-state index in [1.54, 1.807) is 0 Å². The normalized spacial score (nSPS) is 27.0. The summed E-state index contributed by atoms with van der Waals surface area (Å²) in [5.41, 5.74) is 1.31. The average Bonchev–Trinajstić information content (AvgIpc) is 3.19. The molecular formula is C18H27NO2. The molecule has 1 heterocycles. The molecule has 116 valence electrons. The van der Waals surface area contributed by atoms with Gasteiger partial charge in [0.1, 0.15) is 5.75 Å². The monoisotopic (exact) mass is 289 g/mol. The highest BCUT2D eigenvalue weighted by molar-refractivity contribution is 5.29. The van der Waals surface area contributed by atoms with E-state index in [2.05, 4.69) is 50.4 Å². The molecule has 1 aliphatic heterocycles. The van der Waals surface area contributed by atoms with Crippen molar-refractivity contribution in [2.75, 3.05) is 6.61 Å². The molecule has 0 radical (unpaired) electrons. The predicted octanol–water partition coefficient (Wildman–Crippen LogP) is 3.69. The Hall–Kier alpha value is -1.06. The molecule has 3 unspecified atom stereocenters. The first-order valence-electron chi connectivity index (χ1n) is 8.28. The molecule has 3 nitrogen and oxygen atoms in total. The van der Waals surface area contributed by atoms with Crippen LogP contribution in [0.1, 0.15) is 51.6 Å². The second-order valence-corrected chi connectivity index (χ2v) is 6.69. The van der Waals surface area contributed by atoms with E-state index in [1.807, 2.05) is 0 Å². The third-order valence-electron chi connectivity index (χ3n) is 4.44. The highest BCUT2D eigenvalue weighted by Crippen LogP contribution is 2.39. The van der Waals surface area contributed by atoms with Crippen molar-refractivity contribution in [2.45, 2.75) is 64.3 Å². The maximum Gasteiger partial charge on any atom is 0.119 e. The van der Waals surface area contributed by atoms with Gasteiger partial charge in [-0.15, -0.1) is 0 Å². The van der Waals surface area contributed by atoms with Gasteiger partial charge in [0.2, 0.25) is 0 Å². The quantitative estimate of drug-likeness (QED) is 0.866. The van der Waals surface area contributed by atoms with Gasteiger partial charge in [-0.3, -0.25) is 0 Å². The lowest BCUT2D eigenvalue weighted by Gasteiger charge is -2.24. The number of benzene rings is 1. The molecule has 1 aliphatic carbocycles. The van der Waals surface area contributed by atoms with E-state index in [4.69, 9.17) is 9.47 Å². The van der Waals surface area contributed by atoms with Crippen LogP contribution in [0.4, 0.5) is 0 Å². The van der Waals surface area contributed by atoms with Crippen molar-refractivity contribution < 1.29 is 9.47 Å². The Morgan fingerprint density at radius 2 is 1.81 bits per heavy atom. The van der Waals surface area contributed by atoms with E-state index in [1.165, 1.54) is 18.4 Å². The lowest BCUT2D eigenvalue weighted by Crippen LogP contribution is -2.39. The van der Waals surface area contributed by atoms with Gasteiger partial charge in [0.15, 0.2) is 0 Å². The smallest absolute Gasteiger partial charge is 0.119 e. The molecule has 1 saturated carbocycles. The van der Waals surface area contributed by atoms with Crippen LogP contribution in [0.15, 0.2) is 24.3 Å². The molecule has 2 fully saturated rings. The minimum Gasteiger partial charge on any atom is -0.491 e. The van der Waals surface area contributed by atoms with Gasteiger partial charge >= 0.3 is 0 Å². The third-order valence-corrected chi connectivity index (χ3v) is 4.44. The lowest BCUT2D eigenvalue weighted by atomic mass is 10.0. The van der Waals surface area contributed by atoms with Crippen LogP contribution in [-0.2, 0) is 4.74 Å². The molecule has 3 atom stereocenters. The summed E-state index contributed by atoms with van der Waals surface area (Å²) in [4.78, 5) is 0. The van der Waals surface area contributed by atoms with Crippen molar-refractivity contribution in [1.29, 1.82) is 0 Å². The summed E-state index contributed by atoms with van der Waals surface area (Å²) in [6.45, 7) is 7.25. The zero-order chi connectivity index (χ0) is 14.8. The van der Waals surface area contributed by atoms with Crippen molar-refractivity contribution in [3.63, 3.8) is 0 Å². The molecule has 21 heavy (non-hydrogen) atoms. The van der Waals surface area contributed by atoms with Gasteiger partial charge in [-0.05, 0) is 63.6 Å². The maximum absolute atomic E-state index is 5.91. The van der Waals surface area contributed by atoms with Crippen LogP contribution < -0.4 is 10.1 Å². The number of hydrogen-bond donors (Lipinski definition) is 1. The fourth-order valence-corrected chi connectivity index (χ4v) is 3.20. The maximum atomic E-state index is 5.91. The highest BCUT2D eigenvalue weighted by Gasteiger charge is 2.40. The van der Waals surface area contributed by atoms with E-state index < -0.39 is 0 Å². The standard InChI is InChI=1S/C18H27NO2/c1-12(2)21-16-8-6-14(7-9-16)13(3)19-17-10-11-20-18(17)15-4-5-15/h6-9,12-13,15,17-19H,4-5,10-11H2,1-3H3. The summed E-state index contributed by atoms with van der Waals surface area (Å²) < 4.78 is 11.6. The number of hydrogen-bond acceptors (Lipinski definition) is 3. The Labute approximate surface area is 128 Å². The molecule has 0 amide bonds. The molecule has 0 bridgehead atoms.